The van der Waals surface area contributed by atoms with Crippen molar-refractivity contribution in [1.82, 2.24) is 4.98 Å². The van der Waals surface area contributed by atoms with Gasteiger partial charge in [0.15, 0.2) is 0 Å². The number of pyridine rings is 1. The summed E-state index contributed by atoms with van der Waals surface area (Å²) >= 11 is 0. The van der Waals surface area contributed by atoms with Crippen molar-refractivity contribution in [3.8, 4) is 5.75 Å². The quantitative estimate of drug-likeness (QED) is 0.859. The topological polar surface area (TPSA) is 34.1 Å². The maximum Gasteiger partial charge on any atom is 0.129 e. The van der Waals surface area contributed by atoms with Gasteiger partial charge in [-0.15, -0.1) is 0 Å². The number of hydrogen-bond donors (Lipinski definition) is 1. The fraction of sp³-hybridized carbons (Fsp3) is 0.667. The third-order valence-electron chi connectivity index (χ3n) is 3.48. The number of ether oxygens (including phenoxy) is 1. The molecule has 3 nitrogen and oxygen atoms in total. The van der Waals surface area contributed by atoms with E-state index < -0.39 is 0 Å². The SMILES string of the molecule is CCCNc1cc(OC2CCCC(C)C2)ccn1. The Morgan fingerprint density at radius 1 is 1.44 bits per heavy atom. The smallest absolute Gasteiger partial charge is 0.129 e. The summed E-state index contributed by atoms with van der Waals surface area (Å²) in [6.07, 6.45) is 8.31. The van der Waals surface area contributed by atoms with E-state index >= 15 is 0 Å². The summed E-state index contributed by atoms with van der Waals surface area (Å²) in [6.45, 7) is 5.42. The summed E-state index contributed by atoms with van der Waals surface area (Å²) in [5, 5.41) is 3.29. The maximum absolute atomic E-state index is 6.07. The molecule has 0 bridgehead atoms. The predicted octanol–water partition coefficient (Wildman–Crippen LogP) is 3.86. The Labute approximate surface area is 110 Å². The van der Waals surface area contributed by atoms with Crippen molar-refractivity contribution >= 4 is 5.82 Å². The van der Waals surface area contributed by atoms with Gasteiger partial charge in [-0.25, -0.2) is 4.98 Å². The fourth-order valence-corrected chi connectivity index (χ4v) is 2.51. The van der Waals surface area contributed by atoms with E-state index in [0.29, 0.717) is 6.10 Å². The van der Waals surface area contributed by atoms with Gasteiger partial charge >= 0.3 is 0 Å². The molecule has 18 heavy (non-hydrogen) atoms. The van der Waals surface area contributed by atoms with Gasteiger partial charge < -0.3 is 10.1 Å². The molecular weight excluding hydrogens is 224 g/mol. The number of nitrogens with zero attached hydrogens (tertiary/aromatic N) is 1. The summed E-state index contributed by atoms with van der Waals surface area (Å²) in [5.74, 6) is 2.66. The van der Waals surface area contributed by atoms with E-state index in [0.717, 1.165) is 30.5 Å². The van der Waals surface area contributed by atoms with Gasteiger partial charge in [0.05, 0.1) is 6.10 Å². The molecule has 2 atom stereocenters. The van der Waals surface area contributed by atoms with Crippen LogP contribution >= 0.6 is 0 Å². The Balaban J connectivity index is 1.91. The highest BCUT2D eigenvalue weighted by molar-refractivity contribution is 5.40. The molecule has 1 saturated carbocycles. The van der Waals surface area contributed by atoms with Gasteiger partial charge in [0.2, 0.25) is 0 Å². The summed E-state index contributed by atoms with van der Waals surface area (Å²) in [5.41, 5.74) is 0. The molecule has 1 heterocycles. The van der Waals surface area contributed by atoms with Crippen molar-refractivity contribution in [2.75, 3.05) is 11.9 Å². The molecule has 1 aliphatic carbocycles. The normalized spacial score (nSPS) is 23.7. The third-order valence-corrected chi connectivity index (χ3v) is 3.48. The van der Waals surface area contributed by atoms with Crippen LogP contribution in [0.3, 0.4) is 0 Å². The van der Waals surface area contributed by atoms with E-state index in [4.69, 9.17) is 4.74 Å². The lowest BCUT2D eigenvalue weighted by Gasteiger charge is -2.27. The lowest BCUT2D eigenvalue weighted by molar-refractivity contribution is 0.129. The summed E-state index contributed by atoms with van der Waals surface area (Å²) < 4.78 is 6.07. The van der Waals surface area contributed by atoms with Crippen LogP contribution in [0.25, 0.3) is 0 Å². The van der Waals surface area contributed by atoms with Crippen molar-refractivity contribution in [3.05, 3.63) is 18.3 Å². The molecule has 0 radical (unpaired) electrons. The number of rotatable bonds is 5. The van der Waals surface area contributed by atoms with Gasteiger partial charge in [-0.3, -0.25) is 0 Å². The van der Waals surface area contributed by atoms with Gasteiger partial charge in [0.1, 0.15) is 11.6 Å². The van der Waals surface area contributed by atoms with Crippen molar-refractivity contribution in [1.29, 1.82) is 0 Å². The first-order valence-electron chi connectivity index (χ1n) is 7.14. The first kappa shape index (κ1) is 13.2. The highest BCUT2D eigenvalue weighted by Crippen LogP contribution is 2.27. The molecule has 3 heteroatoms. The molecule has 2 unspecified atom stereocenters. The standard InChI is InChI=1S/C15H24N2O/c1-3-8-16-15-11-14(7-9-17-15)18-13-6-4-5-12(2)10-13/h7,9,11-13H,3-6,8,10H2,1-2H3,(H,16,17). The van der Waals surface area contributed by atoms with E-state index in [9.17, 15) is 0 Å². The van der Waals surface area contributed by atoms with Crippen LogP contribution in [-0.4, -0.2) is 17.6 Å². The predicted molar refractivity (Wildman–Crippen MR) is 75.1 cm³/mol. The second kappa shape index (κ2) is 6.62. The summed E-state index contributed by atoms with van der Waals surface area (Å²) in [4.78, 5) is 4.29. The molecule has 1 aromatic heterocycles. The van der Waals surface area contributed by atoms with Crippen LogP contribution in [0.4, 0.5) is 5.82 Å². The molecule has 1 N–H and O–H groups in total. The van der Waals surface area contributed by atoms with Gasteiger partial charge in [-0.2, -0.15) is 0 Å². The van der Waals surface area contributed by atoms with Gasteiger partial charge in [-0.1, -0.05) is 20.3 Å². The Bertz CT molecular complexity index is 367. The van der Waals surface area contributed by atoms with Crippen molar-refractivity contribution < 1.29 is 4.74 Å². The fourth-order valence-electron chi connectivity index (χ4n) is 2.51. The van der Waals surface area contributed by atoms with Gasteiger partial charge in [0.25, 0.3) is 0 Å². The third kappa shape index (κ3) is 3.90. The highest BCUT2D eigenvalue weighted by atomic mass is 16.5. The molecule has 2 rings (SSSR count). The van der Waals surface area contributed by atoms with Crippen molar-refractivity contribution in [3.63, 3.8) is 0 Å². The minimum Gasteiger partial charge on any atom is -0.490 e. The zero-order valence-electron chi connectivity index (χ0n) is 11.5. The molecule has 100 valence electrons. The van der Waals surface area contributed by atoms with E-state index in [-0.39, 0.29) is 0 Å². The molecule has 0 spiro atoms. The van der Waals surface area contributed by atoms with Crippen LogP contribution in [0.5, 0.6) is 5.75 Å². The Kier molecular flexibility index (Phi) is 4.85. The highest BCUT2D eigenvalue weighted by Gasteiger charge is 2.20. The minimum atomic E-state index is 0.384. The van der Waals surface area contributed by atoms with Crippen LogP contribution < -0.4 is 10.1 Å². The van der Waals surface area contributed by atoms with Crippen LogP contribution in [0, 0.1) is 5.92 Å². The number of nitrogens with one attached hydrogen (secondary N) is 1. The van der Waals surface area contributed by atoms with Crippen LogP contribution in [0.2, 0.25) is 0 Å². The van der Waals surface area contributed by atoms with Crippen molar-refractivity contribution in [2.45, 2.75) is 52.1 Å². The second-order valence-corrected chi connectivity index (χ2v) is 5.32. The average molecular weight is 248 g/mol. The zero-order valence-corrected chi connectivity index (χ0v) is 11.5. The largest absolute Gasteiger partial charge is 0.490 e. The monoisotopic (exact) mass is 248 g/mol. The van der Waals surface area contributed by atoms with Crippen LogP contribution in [0.1, 0.15) is 46.0 Å². The average Bonchev–Trinajstić information content (AvgIpc) is 2.37. The Morgan fingerprint density at radius 2 is 2.33 bits per heavy atom. The van der Waals surface area contributed by atoms with E-state index in [1.807, 2.05) is 18.3 Å². The first-order valence-corrected chi connectivity index (χ1v) is 7.14. The lowest BCUT2D eigenvalue weighted by Crippen LogP contribution is -2.24. The molecule has 0 aliphatic heterocycles. The molecule has 1 aromatic rings. The lowest BCUT2D eigenvalue weighted by atomic mass is 9.89. The zero-order chi connectivity index (χ0) is 12.8. The van der Waals surface area contributed by atoms with E-state index in [1.165, 1.54) is 25.7 Å². The molecule has 1 fully saturated rings. The Morgan fingerprint density at radius 3 is 3.11 bits per heavy atom. The number of aromatic nitrogens is 1. The molecule has 0 amide bonds. The minimum absolute atomic E-state index is 0.384. The molecule has 1 aliphatic rings. The van der Waals surface area contributed by atoms with Gasteiger partial charge in [-0.05, 0) is 37.7 Å². The summed E-state index contributed by atoms with van der Waals surface area (Å²) in [7, 11) is 0. The molecule has 0 aromatic carbocycles. The van der Waals surface area contributed by atoms with Crippen LogP contribution in [0.15, 0.2) is 18.3 Å². The maximum atomic E-state index is 6.07. The van der Waals surface area contributed by atoms with Gasteiger partial charge in [0, 0.05) is 18.8 Å². The van der Waals surface area contributed by atoms with E-state index in [2.05, 4.69) is 24.1 Å². The molecular formula is C15H24N2O. The number of hydrogen-bond acceptors (Lipinski definition) is 3. The number of anilines is 1. The second-order valence-electron chi connectivity index (χ2n) is 5.32. The first-order chi connectivity index (χ1) is 8.78. The van der Waals surface area contributed by atoms with Crippen molar-refractivity contribution in [2.24, 2.45) is 5.92 Å². The molecule has 0 saturated heterocycles. The summed E-state index contributed by atoms with van der Waals surface area (Å²) in [6, 6.07) is 3.96. The Hall–Kier alpha value is -1.25. The van der Waals surface area contributed by atoms with E-state index in [1.54, 1.807) is 0 Å². The van der Waals surface area contributed by atoms with Crippen LogP contribution in [-0.2, 0) is 0 Å².